The maximum atomic E-state index is 13.9. The predicted octanol–water partition coefficient (Wildman–Crippen LogP) is 3.57. The number of rotatable bonds is 3. The smallest absolute Gasteiger partial charge is 0.131 e. The van der Waals surface area contributed by atoms with Crippen LogP contribution in [0.25, 0.3) is 11.1 Å². The molecule has 0 unspecified atom stereocenters. The highest BCUT2D eigenvalue weighted by atomic mass is 19.1. The molecule has 2 aromatic carbocycles. The number of methoxy groups -OCH3 is 1. The average Bonchev–Trinajstić information content (AvgIpc) is 2.41. The molecule has 3 heteroatoms. The van der Waals surface area contributed by atoms with Crippen LogP contribution in [0.15, 0.2) is 42.5 Å². The van der Waals surface area contributed by atoms with Crippen molar-refractivity contribution >= 4 is 0 Å². The Kier molecular flexibility index (Phi) is 3.59. The molecule has 0 aliphatic rings. The molecule has 0 aliphatic carbocycles. The first-order chi connectivity index (χ1) is 8.76. The van der Waals surface area contributed by atoms with Crippen molar-refractivity contribution in [2.45, 2.75) is 6.42 Å². The van der Waals surface area contributed by atoms with Crippen molar-refractivity contribution in [1.29, 1.82) is 5.26 Å². The Morgan fingerprint density at radius 1 is 1.17 bits per heavy atom. The predicted molar refractivity (Wildman–Crippen MR) is 67.7 cm³/mol. The zero-order chi connectivity index (χ0) is 13.0. The lowest BCUT2D eigenvalue weighted by Gasteiger charge is -2.10. The zero-order valence-electron chi connectivity index (χ0n) is 9.98. The summed E-state index contributed by atoms with van der Waals surface area (Å²) in [6, 6.07) is 14.0. The maximum absolute atomic E-state index is 13.9. The third-order valence-corrected chi connectivity index (χ3v) is 2.71. The van der Waals surface area contributed by atoms with E-state index in [2.05, 4.69) is 6.07 Å². The second-order valence-corrected chi connectivity index (χ2v) is 3.85. The van der Waals surface area contributed by atoms with Gasteiger partial charge in [0.1, 0.15) is 11.6 Å². The van der Waals surface area contributed by atoms with Gasteiger partial charge in [-0.2, -0.15) is 5.26 Å². The molecule has 0 aliphatic heterocycles. The Morgan fingerprint density at radius 3 is 2.67 bits per heavy atom. The number of benzene rings is 2. The summed E-state index contributed by atoms with van der Waals surface area (Å²) in [4.78, 5) is 0. The molecule has 0 amide bonds. The van der Waals surface area contributed by atoms with Crippen molar-refractivity contribution in [2.24, 2.45) is 0 Å². The zero-order valence-corrected chi connectivity index (χ0v) is 9.98. The number of nitrogens with zero attached hydrogens (tertiary/aromatic N) is 1. The molecule has 0 bridgehead atoms. The molecule has 0 spiro atoms. The topological polar surface area (TPSA) is 33.0 Å². The summed E-state index contributed by atoms with van der Waals surface area (Å²) in [7, 11) is 1.55. The van der Waals surface area contributed by atoms with Gasteiger partial charge in [-0.15, -0.1) is 0 Å². The summed E-state index contributed by atoms with van der Waals surface area (Å²) in [5.41, 5.74) is 1.94. The van der Waals surface area contributed by atoms with Gasteiger partial charge >= 0.3 is 0 Å². The number of halogens is 1. The van der Waals surface area contributed by atoms with Crippen molar-refractivity contribution in [3.8, 4) is 22.9 Å². The second kappa shape index (κ2) is 5.33. The first-order valence-electron chi connectivity index (χ1n) is 5.55. The summed E-state index contributed by atoms with van der Waals surface area (Å²) in [5.74, 6) is 0.298. The molecule has 2 nitrogen and oxygen atoms in total. The van der Waals surface area contributed by atoms with Gasteiger partial charge in [-0.1, -0.05) is 24.3 Å². The monoisotopic (exact) mass is 241 g/mol. The molecular formula is C15H12FNO. The van der Waals surface area contributed by atoms with Crippen LogP contribution in [0.4, 0.5) is 4.39 Å². The Morgan fingerprint density at radius 2 is 1.94 bits per heavy atom. The van der Waals surface area contributed by atoms with Gasteiger partial charge in [0.05, 0.1) is 19.6 Å². The molecule has 18 heavy (non-hydrogen) atoms. The summed E-state index contributed by atoms with van der Waals surface area (Å²) < 4.78 is 19.1. The van der Waals surface area contributed by atoms with Crippen LogP contribution in [0.3, 0.4) is 0 Å². The number of para-hydroxylation sites is 1. The Hall–Kier alpha value is -2.34. The van der Waals surface area contributed by atoms with E-state index in [0.29, 0.717) is 16.9 Å². The van der Waals surface area contributed by atoms with Gasteiger partial charge in [-0.05, 0) is 23.8 Å². The number of nitriles is 1. The minimum Gasteiger partial charge on any atom is -0.496 e. The van der Waals surface area contributed by atoms with E-state index in [1.54, 1.807) is 31.4 Å². The Bertz CT molecular complexity index is 602. The largest absolute Gasteiger partial charge is 0.496 e. The third kappa shape index (κ3) is 2.33. The molecule has 2 rings (SSSR count). The van der Waals surface area contributed by atoms with Crippen LogP contribution >= 0.6 is 0 Å². The van der Waals surface area contributed by atoms with Gasteiger partial charge < -0.3 is 4.74 Å². The molecule has 0 aromatic heterocycles. The molecule has 0 saturated heterocycles. The van der Waals surface area contributed by atoms with Crippen molar-refractivity contribution in [3.05, 3.63) is 53.8 Å². The van der Waals surface area contributed by atoms with Crippen LogP contribution in [0.2, 0.25) is 0 Å². The molecule has 0 radical (unpaired) electrons. The van der Waals surface area contributed by atoms with Crippen LogP contribution in [0, 0.1) is 17.1 Å². The van der Waals surface area contributed by atoms with E-state index in [4.69, 9.17) is 10.00 Å². The van der Waals surface area contributed by atoms with E-state index in [9.17, 15) is 4.39 Å². The SMILES string of the molecule is COc1ccccc1-c1cc(CC#N)ccc1F. The fraction of sp³-hybridized carbons (Fsp3) is 0.133. The lowest BCUT2D eigenvalue weighted by molar-refractivity contribution is 0.416. The van der Waals surface area contributed by atoms with E-state index >= 15 is 0 Å². The standard InChI is InChI=1S/C15H12FNO/c1-18-15-5-3-2-4-12(15)13-10-11(8-9-17)6-7-14(13)16/h2-7,10H,8H2,1H3. The van der Waals surface area contributed by atoms with E-state index in [-0.39, 0.29) is 12.2 Å². The maximum Gasteiger partial charge on any atom is 0.131 e. The fourth-order valence-electron chi connectivity index (χ4n) is 1.85. The molecule has 0 fully saturated rings. The van der Waals surface area contributed by atoms with Crippen LogP contribution in [0.1, 0.15) is 5.56 Å². The van der Waals surface area contributed by atoms with Gasteiger partial charge in [0.25, 0.3) is 0 Å². The summed E-state index contributed by atoms with van der Waals surface area (Å²) in [5, 5.41) is 8.68. The van der Waals surface area contributed by atoms with Crippen molar-refractivity contribution in [3.63, 3.8) is 0 Å². The molecule has 0 saturated carbocycles. The lowest BCUT2D eigenvalue weighted by atomic mass is 10.0. The van der Waals surface area contributed by atoms with E-state index in [1.807, 2.05) is 12.1 Å². The van der Waals surface area contributed by atoms with Gasteiger partial charge in [0.15, 0.2) is 0 Å². The average molecular weight is 241 g/mol. The molecular weight excluding hydrogens is 229 g/mol. The number of hydrogen-bond acceptors (Lipinski definition) is 2. The van der Waals surface area contributed by atoms with Crippen LogP contribution in [-0.4, -0.2) is 7.11 Å². The quantitative estimate of drug-likeness (QED) is 0.823. The van der Waals surface area contributed by atoms with Gasteiger partial charge in [-0.3, -0.25) is 0 Å². The molecule has 0 atom stereocenters. The van der Waals surface area contributed by atoms with Crippen molar-refractivity contribution in [2.75, 3.05) is 7.11 Å². The van der Waals surface area contributed by atoms with Crippen molar-refractivity contribution in [1.82, 2.24) is 0 Å². The van der Waals surface area contributed by atoms with Crippen LogP contribution in [-0.2, 0) is 6.42 Å². The second-order valence-electron chi connectivity index (χ2n) is 3.85. The number of ether oxygens (including phenoxy) is 1. The minimum absolute atomic E-state index is 0.266. The Balaban J connectivity index is 2.56. The summed E-state index contributed by atoms with van der Waals surface area (Å²) in [6.45, 7) is 0. The highest BCUT2D eigenvalue weighted by Crippen LogP contribution is 2.32. The van der Waals surface area contributed by atoms with Gasteiger partial charge in [0.2, 0.25) is 0 Å². The first kappa shape index (κ1) is 12.1. The van der Waals surface area contributed by atoms with Crippen LogP contribution < -0.4 is 4.74 Å². The fourth-order valence-corrected chi connectivity index (χ4v) is 1.85. The normalized spacial score (nSPS) is 9.83. The lowest BCUT2D eigenvalue weighted by Crippen LogP contribution is -1.92. The molecule has 0 N–H and O–H groups in total. The summed E-state index contributed by atoms with van der Waals surface area (Å²) in [6.07, 6.45) is 0.266. The highest BCUT2D eigenvalue weighted by Gasteiger charge is 2.10. The number of hydrogen-bond donors (Lipinski definition) is 0. The van der Waals surface area contributed by atoms with E-state index in [0.717, 1.165) is 5.56 Å². The van der Waals surface area contributed by atoms with Gasteiger partial charge in [0, 0.05) is 11.1 Å². The highest BCUT2D eigenvalue weighted by molar-refractivity contribution is 5.71. The van der Waals surface area contributed by atoms with Crippen LogP contribution in [0.5, 0.6) is 5.75 Å². The van der Waals surface area contributed by atoms with E-state index in [1.165, 1.54) is 6.07 Å². The first-order valence-corrected chi connectivity index (χ1v) is 5.55. The molecule has 90 valence electrons. The Labute approximate surface area is 105 Å². The summed E-state index contributed by atoms with van der Waals surface area (Å²) >= 11 is 0. The van der Waals surface area contributed by atoms with E-state index < -0.39 is 0 Å². The third-order valence-electron chi connectivity index (χ3n) is 2.71. The molecule has 0 heterocycles. The van der Waals surface area contributed by atoms with Crippen molar-refractivity contribution < 1.29 is 9.13 Å². The van der Waals surface area contributed by atoms with Gasteiger partial charge in [-0.25, -0.2) is 4.39 Å². The minimum atomic E-state index is -0.318. The molecule has 2 aromatic rings.